The number of imidazole rings is 1. The second-order valence-electron chi connectivity index (χ2n) is 3.08. The van der Waals surface area contributed by atoms with E-state index < -0.39 is 0 Å². The third kappa shape index (κ3) is 1.30. The second kappa shape index (κ2) is 3.09. The zero-order chi connectivity index (χ0) is 10.3. The zero-order valence-corrected chi connectivity index (χ0v) is 8.75. The molecule has 5 nitrogen and oxygen atoms in total. The van der Waals surface area contributed by atoms with Crippen molar-refractivity contribution in [3.05, 3.63) is 23.6 Å². The molecule has 15 heavy (non-hydrogen) atoms. The van der Waals surface area contributed by atoms with E-state index in [1.807, 2.05) is 6.92 Å². The normalized spacial score (nSPS) is 11.0. The molecular formula is C9H7N5S. The van der Waals surface area contributed by atoms with Crippen molar-refractivity contribution in [2.24, 2.45) is 0 Å². The zero-order valence-electron chi connectivity index (χ0n) is 7.93. The van der Waals surface area contributed by atoms with Gasteiger partial charge in [0, 0.05) is 12.4 Å². The summed E-state index contributed by atoms with van der Waals surface area (Å²) in [6.45, 7) is 1.96. The van der Waals surface area contributed by atoms with Crippen molar-refractivity contribution in [2.45, 2.75) is 6.92 Å². The van der Waals surface area contributed by atoms with Gasteiger partial charge >= 0.3 is 0 Å². The number of aryl methyl sites for hydroxylation is 1. The van der Waals surface area contributed by atoms with Crippen molar-refractivity contribution in [1.29, 1.82) is 0 Å². The highest BCUT2D eigenvalue weighted by atomic mass is 32.1. The number of aromatic nitrogens is 5. The lowest BCUT2D eigenvalue weighted by Gasteiger charge is -1.89. The van der Waals surface area contributed by atoms with E-state index in [0.29, 0.717) is 11.3 Å². The molecule has 6 heteroatoms. The van der Waals surface area contributed by atoms with Gasteiger partial charge in [-0.3, -0.25) is 0 Å². The molecule has 0 aliphatic heterocycles. The monoisotopic (exact) mass is 217 g/mol. The van der Waals surface area contributed by atoms with Crippen LogP contribution in [-0.2, 0) is 0 Å². The molecule has 0 fully saturated rings. The first-order chi connectivity index (χ1) is 7.34. The number of H-pyrrole nitrogens is 1. The summed E-state index contributed by atoms with van der Waals surface area (Å²) in [6, 6.07) is 0. The Morgan fingerprint density at radius 1 is 1.20 bits per heavy atom. The van der Waals surface area contributed by atoms with Gasteiger partial charge in [-0.15, -0.1) is 11.3 Å². The first-order valence-corrected chi connectivity index (χ1v) is 5.30. The maximum absolute atomic E-state index is 4.36. The van der Waals surface area contributed by atoms with E-state index >= 15 is 0 Å². The van der Waals surface area contributed by atoms with Crippen LogP contribution in [0.2, 0.25) is 0 Å². The number of nitrogens with one attached hydrogen (secondary N) is 1. The summed E-state index contributed by atoms with van der Waals surface area (Å²) >= 11 is 1.56. The van der Waals surface area contributed by atoms with Crippen molar-refractivity contribution >= 4 is 22.6 Å². The molecule has 3 heterocycles. The van der Waals surface area contributed by atoms with Gasteiger partial charge in [-0.2, -0.15) is 0 Å². The molecule has 1 N–H and O–H groups in total. The molecule has 74 valence electrons. The fraction of sp³-hybridized carbons (Fsp3) is 0.111. The Morgan fingerprint density at radius 2 is 2.07 bits per heavy atom. The van der Waals surface area contributed by atoms with Gasteiger partial charge in [-0.25, -0.2) is 19.9 Å². The molecular weight excluding hydrogens is 210 g/mol. The highest BCUT2D eigenvalue weighted by Gasteiger charge is 2.10. The number of hydrogen-bond acceptors (Lipinski definition) is 5. The van der Waals surface area contributed by atoms with Gasteiger partial charge in [-0.05, 0) is 6.92 Å². The van der Waals surface area contributed by atoms with E-state index in [-0.39, 0.29) is 0 Å². The lowest BCUT2D eigenvalue weighted by Crippen LogP contribution is -1.79. The van der Waals surface area contributed by atoms with Gasteiger partial charge < -0.3 is 4.98 Å². The standard InChI is InChI=1S/C9H7N5S/c1-5-6(15-4-12-5)7-13-8-9(14-7)11-3-2-10-8/h2-4H,1H3,(H,10,11,13,14). The Balaban J connectivity index is 2.24. The van der Waals surface area contributed by atoms with E-state index in [4.69, 9.17) is 0 Å². The molecule has 3 aromatic rings. The Morgan fingerprint density at radius 3 is 2.80 bits per heavy atom. The van der Waals surface area contributed by atoms with Gasteiger partial charge in [0.15, 0.2) is 17.1 Å². The van der Waals surface area contributed by atoms with Crippen LogP contribution in [0, 0.1) is 6.92 Å². The molecule has 0 atom stereocenters. The number of nitrogens with zero attached hydrogens (tertiary/aromatic N) is 4. The van der Waals surface area contributed by atoms with Crippen molar-refractivity contribution in [3.63, 3.8) is 0 Å². The lowest BCUT2D eigenvalue weighted by atomic mass is 10.4. The number of hydrogen-bond donors (Lipinski definition) is 1. The SMILES string of the molecule is Cc1ncsc1-c1nc2nccnc2[nH]1. The van der Waals surface area contributed by atoms with Crippen LogP contribution < -0.4 is 0 Å². The summed E-state index contributed by atoms with van der Waals surface area (Å²) in [5, 5.41) is 0. The third-order valence-electron chi connectivity index (χ3n) is 2.09. The summed E-state index contributed by atoms with van der Waals surface area (Å²) in [5.41, 5.74) is 4.12. The summed E-state index contributed by atoms with van der Waals surface area (Å²) in [4.78, 5) is 21.0. The number of fused-ring (bicyclic) bond motifs is 1. The molecule has 3 aromatic heterocycles. The number of thiazole rings is 1. The van der Waals surface area contributed by atoms with Crippen LogP contribution in [0.15, 0.2) is 17.9 Å². The molecule has 0 radical (unpaired) electrons. The van der Waals surface area contributed by atoms with Gasteiger partial charge in [0.2, 0.25) is 0 Å². The highest BCUT2D eigenvalue weighted by molar-refractivity contribution is 7.13. The lowest BCUT2D eigenvalue weighted by molar-refractivity contribution is 1.24. The predicted molar refractivity (Wildman–Crippen MR) is 57.5 cm³/mol. The number of aromatic amines is 1. The van der Waals surface area contributed by atoms with Crippen LogP contribution in [0.4, 0.5) is 0 Å². The van der Waals surface area contributed by atoms with Crippen molar-refractivity contribution in [3.8, 4) is 10.7 Å². The maximum Gasteiger partial charge on any atom is 0.197 e. The average Bonchev–Trinajstić information content (AvgIpc) is 2.82. The maximum atomic E-state index is 4.36. The van der Waals surface area contributed by atoms with Crippen LogP contribution in [0.5, 0.6) is 0 Å². The molecule has 0 saturated heterocycles. The molecule has 0 spiro atoms. The second-order valence-corrected chi connectivity index (χ2v) is 3.94. The quantitative estimate of drug-likeness (QED) is 0.674. The fourth-order valence-corrected chi connectivity index (χ4v) is 2.13. The minimum absolute atomic E-state index is 0.639. The van der Waals surface area contributed by atoms with Gasteiger partial charge in [-0.1, -0.05) is 0 Å². The van der Waals surface area contributed by atoms with Crippen molar-refractivity contribution < 1.29 is 0 Å². The molecule has 0 amide bonds. The van der Waals surface area contributed by atoms with Crippen molar-refractivity contribution in [1.82, 2.24) is 24.9 Å². The summed E-state index contributed by atoms with van der Waals surface area (Å²) in [5.74, 6) is 0.788. The van der Waals surface area contributed by atoms with Crippen LogP contribution >= 0.6 is 11.3 Å². The molecule has 3 rings (SSSR count). The Labute approximate surface area is 89.3 Å². The van der Waals surface area contributed by atoms with Crippen molar-refractivity contribution in [2.75, 3.05) is 0 Å². The third-order valence-corrected chi connectivity index (χ3v) is 3.03. The van der Waals surface area contributed by atoms with E-state index in [9.17, 15) is 0 Å². The van der Waals surface area contributed by atoms with Gasteiger partial charge in [0.05, 0.1) is 16.1 Å². The minimum Gasteiger partial charge on any atom is -0.320 e. The van der Waals surface area contributed by atoms with E-state index in [1.54, 1.807) is 29.2 Å². The highest BCUT2D eigenvalue weighted by Crippen LogP contribution is 2.25. The molecule has 0 bridgehead atoms. The molecule has 0 aromatic carbocycles. The predicted octanol–water partition coefficient (Wildman–Crippen LogP) is 1.78. The summed E-state index contributed by atoms with van der Waals surface area (Å²) < 4.78 is 0. The molecule has 0 unspecified atom stereocenters. The van der Waals surface area contributed by atoms with Crippen LogP contribution in [0.3, 0.4) is 0 Å². The molecule has 0 aliphatic rings. The van der Waals surface area contributed by atoms with E-state index in [0.717, 1.165) is 16.4 Å². The molecule has 0 aliphatic carbocycles. The summed E-state index contributed by atoms with van der Waals surface area (Å²) in [6.07, 6.45) is 3.27. The number of rotatable bonds is 1. The first-order valence-electron chi connectivity index (χ1n) is 4.42. The smallest absolute Gasteiger partial charge is 0.197 e. The van der Waals surface area contributed by atoms with Crippen LogP contribution in [0.1, 0.15) is 5.69 Å². The average molecular weight is 217 g/mol. The summed E-state index contributed by atoms with van der Waals surface area (Å²) in [7, 11) is 0. The topological polar surface area (TPSA) is 67.3 Å². The Kier molecular flexibility index (Phi) is 1.75. The van der Waals surface area contributed by atoms with Crippen LogP contribution in [0.25, 0.3) is 22.0 Å². The van der Waals surface area contributed by atoms with Gasteiger partial charge in [0.25, 0.3) is 0 Å². The molecule has 0 saturated carbocycles. The van der Waals surface area contributed by atoms with Crippen LogP contribution in [-0.4, -0.2) is 24.9 Å². The van der Waals surface area contributed by atoms with Gasteiger partial charge in [0.1, 0.15) is 0 Å². The van der Waals surface area contributed by atoms with E-state index in [2.05, 4.69) is 24.9 Å². The Bertz CT molecular complexity index is 579. The fourth-order valence-electron chi connectivity index (χ4n) is 1.38. The van der Waals surface area contributed by atoms with E-state index in [1.165, 1.54) is 0 Å². The minimum atomic E-state index is 0.639. The first kappa shape index (κ1) is 8.49. The Hall–Kier alpha value is -1.82. The largest absolute Gasteiger partial charge is 0.320 e.